The van der Waals surface area contributed by atoms with Crippen molar-refractivity contribution >= 4 is 23.4 Å². The van der Waals surface area contributed by atoms with Crippen molar-refractivity contribution in [3.8, 4) is 5.75 Å². The minimum atomic E-state index is -1.15. The van der Waals surface area contributed by atoms with Crippen molar-refractivity contribution in [3.63, 3.8) is 0 Å². The molecule has 2 aliphatic heterocycles. The number of nitrogens with zero attached hydrogens (tertiary/aromatic N) is 2. The molecule has 132 valence electrons. The van der Waals surface area contributed by atoms with Crippen LogP contribution in [0.3, 0.4) is 0 Å². The van der Waals surface area contributed by atoms with Crippen LogP contribution in [-0.4, -0.2) is 66.3 Å². The molecule has 2 fully saturated rings. The Morgan fingerprint density at radius 3 is 2.54 bits per heavy atom. The molecule has 1 aromatic rings. The second kappa shape index (κ2) is 7.23. The van der Waals surface area contributed by atoms with Gasteiger partial charge < -0.3 is 19.6 Å². The van der Waals surface area contributed by atoms with Crippen molar-refractivity contribution in [2.45, 2.75) is 30.9 Å². The van der Waals surface area contributed by atoms with Gasteiger partial charge in [0, 0.05) is 37.6 Å². The van der Waals surface area contributed by atoms with E-state index in [1.807, 2.05) is 19.2 Å². The number of thioether (sulfide) groups is 1. The fraction of sp³-hybridized carbons (Fsp3) is 0.611. The summed E-state index contributed by atoms with van der Waals surface area (Å²) >= 11 is 1.66. The lowest BCUT2D eigenvalue weighted by atomic mass is 9.97. The molecule has 1 amide bonds. The smallest absolute Gasteiger partial charge is 0.255 e. The van der Waals surface area contributed by atoms with E-state index in [1.165, 1.54) is 5.69 Å². The van der Waals surface area contributed by atoms with Gasteiger partial charge in [0.25, 0.3) is 5.91 Å². The summed E-state index contributed by atoms with van der Waals surface area (Å²) in [6.45, 7) is 1.84. The van der Waals surface area contributed by atoms with E-state index in [4.69, 9.17) is 4.74 Å². The van der Waals surface area contributed by atoms with Crippen molar-refractivity contribution in [2.75, 3.05) is 43.7 Å². The number of piperidine rings is 1. The third kappa shape index (κ3) is 3.49. The third-order valence-electron chi connectivity index (χ3n) is 5.17. The normalized spacial score (nSPS) is 24.9. The first-order valence-electron chi connectivity index (χ1n) is 8.50. The molecule has 0 aliphatic carbocycles. The minimum Gasteiger partial charge on any atom is -0.497 e. The first-order valence-corrected chi connectivity index (χ1v) is 9.65. The van der Waals surface area contributed by atoms with Crippen LogP contribution in [0.25, 0.3) is 0 Å². The van der Waals surface area contributed by atoms with Crippen LogP contribution in [-0.2, 0) is 4.79 Å². The zero-order chi connectivity index (χ0) is 17.2. The van der Waals surface area contributed by atoms with E-state index >= 15 is 0 Å². The molecule has 2 heterocycles. The summed E-state index contributed by atoms with van der Waals surface area (Å²) in [5.41, 5.74) is 0.0426. The quantitative estimate of drug-likeness (QED) is 0.900. The molecule has 0 radical (unpaired) electrons. The predicted octanol–water partition coefficient (Wildman–Crippen LogP) is 1.99. The van der Waals surface area contributed by atoms with E-state index in [9.17, 15) is 9.90 Å². The van der Waals surface area contributed by atoms with Crippen molar-refractivity contribution < 1.29 is 14.6 Å². The van der Waals surface area contributed by atoms with E-state index in [-0.39, 0.29) is 11.9 Å². The van der Waals surface area contributed by atoms with Crippen molar-refractivity contribution in [1.29, 1.82) is 0 Å². The average molecular weight is 350 g/mol. The number of carbonyl (C=O) groups is 1. The fourth-order valence-corrected chi connectivity index (χ4v) is 4.75. The number of methoxy groups -OCH3 is 1. The summed E-state index contributed by atoms with van der Waals surface area (Å²) in [6.07, 6.45) is 2.43. The monoisotopic (exact) mass is 350 g/mol. The number of anilines is 1. The Labute approximate surface area is 148 Å². The van der Waals surface area contributed by atoms with Gasteiger partial charge in [0.15, 0.2) is 5.60 Å². The maximum atomic E-state index is 12.6. The molecule has 0 aromatic heterocycles. The number of benzene rings is 1. The van der Waals surface area contributed by atoms with Gasteiger partial charge in [-0.25, -0.2) is 0 Å². The first-order chi connectivity index (χ1) is 11.5. The summed E-state index contributed by atoms with van der Waals surface area (Å²) in [5, 5.41) is 10.5. The SMILES string of the molecule is COc1ccc(N2CCC(N(C)C(=O)C3(O)CCSC3)CC2)cc1. The van der Waals surface area contributed by atoms with E-state index in [0.29, 0.717) is 12.2 Å². The zero-order valence-corrected chi connectivity index (χ0v) is 15.2. The van der Waals surface area contributed by atoms with Crippen molar-refractivity contribution in [1.82, 2.24) is 4.90 Å². The Morgan fingerprint density at radius 2 is 2.00 bits per heavy atom. The van der Waals surface area contributed by atoms with E-state index < -0.39 is 5.60 Å². The Balaban J connectivity index is 1.57. The number of hydrogen-bond acceptors (Lipinski definition) is 5. The molecular weight excluding hydrogens is 324 g/mol. The molecule has 0 spiro atoms. The molecule has 1 atom stereocenters. The van der Waals surface area contributed by atoms with Gasteiger partial charge in [0.1, 0.15) is 5.75 Å². The Hall–Kier alpha value is -1.40. The first kappa shape index (κ1) is 17.4. The summed E-state index contributed by atoms with van der Waals surface area (Å²) in [5.74, 6) is 2.16. The zero-order valence-electron chi connectivity index (χ0n) is 14.4. The molecule has 0 bridgehead atoms. The lowest BCUT2D eigenvalue weighted by molar-refractivity contribution is -0.149. The van der Waals surface area contributed by atoms with Crippen LogP contribution in [0.2, 0.25) is 0 Å². The van der Waals surface area contributed by atoms with Crippen LogP contribution < -0.4 is 9.64 Å². The van der Waals surface area contributed by atoms with Crippen LogP contribution in [0.1, 0.15) is 19.3 Å². The van der Waals surface area contributed by atoms with Gasteiger partial charge in [-0.1, -0.05) is 0 Å². The van der Waals surface area contributed by atoms with Gasteiger partial charge in [-0.3, -0.25) is 4.79 Å². The molecular formula is C18H26N2O3S. The molecule has 2 saturated heterocycles. The van der Waals surface area contributed by atoms with Crippen molar-refractivity contribution in [2.24, 2.45) is 0 Å². The molecule has 3 rings (SSSR count). The van der Waals surface area contributed by atoms with Crippen LogP contribution in [0.4, 0.5) is 5.69 Å². The molecule has 2 aliphatic rings. The lowest BCUT2D eigenvalue weighted by Gasteiger charge is -2.39. The highest BCUT2D eigenvalue weighted by Crippen LogP contribution is 2.31. The number of ether oxygens (including phenoxy) is 1. The third-order valence-corrected chi connectivity index (χ3v) is 6.34. The predicted molar refractivity (Wildman–Crippen MR) is 97.9 cm³/mol. The highest BCUT2D eigenvalue weighted by Gasteiger charge is 2.43. The lowest BCUT2D eigenvalue weighted by Crippen LogP contribution is -2.53. The Bertz CT molecular complexity index is 564. The van der Waals surface area contributed by atoms with E-state index in [2.05, 4.69) is 17.0 Å². The summed E-state index contributed by atoms with van der Waals surface area (Å²) in [6, 6.07) is 8.31. The second-order valence-electron chi connectivity index (χ2n) is 6.67. The molecule has 1 unspecified atom stereocenters. The topological polar surface area (TPSA) is 53.0 Å². The minimum absolute atomic E-state index is 0.101. The number of hydrogen-bond donors (Lipinski definition) is 1. The molecule has 1 aromatic carbocycles. The number of carbonyl (C=O) groups excluding carboxylic acids is 1. The fourth-order valence-electron chi connectivity index (χ4n) is 3.52. The van der Waals surface area contributed by atoms with Crippen LogP contribution >= 0.6 is 11.8 Å². The average Bonchev–Trinajstić information content (AvgIpc) is 3.08. The summed E-state index contributed by atoms with van der Waals surface area (Å²) in [4.78, 5) is 16.8. The van der Waals surface area contributed by atoms with Crippen LogP contribution in [0.15, 0.2) is 24.3 Å². The molecule has 24 heavy (non-hydrogen) atoms. The summed E-state index contributed by atoms with van der Waals surface area (Å²) in [7, 11) is 3.52. The van der Waals surface area contributed by atoms with Crippen molar-refractivity contribution in [3.05, 3.63) is 24.3 Å². The highest BCUT2D eigenvalue weighted by atomic mass is 32.2. The van der Waals surface area contributed by atoms with Gasteiger partial charge in [-0.2, -0.15) is 11.8 Å². The van der Waals surface area contributed by atoms with Gasteiger partial charge >= 0.3 is 0 Å². The van der Waals surface area contributed by atoms with Crippen LogP contribution in [0.5, 0.6) is 5.75 Å². The molecule has 1 N–H and O–H groups in total. The number of rotatable bonds is 4. The number of amides is 1. The van der Waals surface area contributed by atoms with Gasteiger partial charge in [0.05, 0.1) is 7.11 Å². The van der Waals surface area contributed by atoms with Gasteiger partial charge in [-0.15, -0.1) is 0 Å². The standard InChI is InChI=1S/C18H26N2O3S/c1-19(17(21)18(22)9-12-24-13-18)14-7-10-20(11-8-14)15-3-5-16(23-2)6-4-15/h3-6,14,22H,7-13H2,1-2H3. The van der Waals surface area contributed by atoms with Gasteiger partial charge in [-0.05, 0) is 49.3 Å². The maximum Gasteiger partial charge on any atom is 0.255 e. The number of aliphatic hydroxyl groups is 1. The molecule has 0 saturated carbocycles. The number of likely N-dealkylation sites (N-methyl/N-ethyl adjacent to an activating group) is 1. The largest absolute Gasteiger partial charge is 0.497 e. The van der Waals surface area contributed by atoms with Gasteiger partial charge in [0.2, 0.25) is 0 Å². The Morgan fingerprint density at radius 1 is 1.33 bits per heavy atom. The molecule has 5 nitrogen and oxygen atoms in total. The highest BCUT2D eigenvalue weighted by molar-refractivity contribution is 7.99. The Kier molecular flexibility index (Phi) is 5.25. The van der Waals surface area contributed by atoms with E-state index in [0.717, 1.165) is 37.4 Å². The summed E-state index contributed by atoms with van der Waals surface area (Å²) < 4.78 is 5.20. The second-order valence-corrected chi connectivity index (χ2v) is 7.77. The maximum absolute atomic E-state index is 12.6. The van der Waals surface area contributed by atoms with Crippen LogP contribution in [0, 0.1) is 0 Å². The molecule has 6 heteroatoms. The van der Waals surface area contributed by atoms with E-state index in [1.54, 1.807) is 23.8 Å².